The van der Waals surface area contributed by atoms with Crippen LogP contribution >= 0.6 is 0 Å². The van der Waals surface area contributed by atoms with E-state index in [2.05, 4.69) is 13.2 Å². The molecule has 10 nitrogen and oxygen atoms in total. The summed E-state index contributed by atoms with van der Waals surface area (Å²) in [5.41, 5.74) is 0.531. The van der Waals surface area contributed by atoms with Crippen LogP contribution in [0.15, 0.2) is 24.3 Å². The molecule has 0 N–H and O–H groups in total. The van der Waals surface area contributed by atoms with Gasteiger partial charge in [0.05, 0.1) is 13.2 Å². The van der Waals surface area contributed by atoms with Gasteiger partial charge in [-0.2, -0.15) is 0 Å². The van der Waals surface area contributed by atoms with Crippen LogP contribution in [-0.2, 0) is 38.0 Å². The first kappa shape index (κ1) is 27.0. The first-order valence-corrected chi connectivity index (χ1v) is 9.48. The molecule has 0 rings (SSSR count). The lowest BCUT2D eigenvalue weighted by Gasteiger charge is -2.08. The number of ether oxygens (including phenoxy) is 6. The first-order valence-electron chi connectivity index (χ1n) is 9.48. The minimum Gasteiger partial charge on any atom is -0.459 e. The van der Waals surface area contributed by atoms with Crippen molar-refractivity contribution in [2.75, 3.05) is 39.6 Å². The van der Waals surface area contributed by atoms with Crippen molar-refractivity contribution in [3.05, 3.63) is 24.3 Å². The summed E-state index contributed by atoms with van der Waals surface area (Å²) in [6.07, 6.45) is 1.11. The fraction of sp³-hybridized carbons (Fsp3) is 0.600. The highest BCUT2D eigenvalue weighted by molar-refractivity contribution is 5.87. The van der Waals surface area contributed by atoms with E-state index in [-0.39, 0.29) is 50.8 Å². The molecule has 0 amide bonds. The van der Waals surface area contributed by atoms with Gasteiger partial charge in [0, 0.05) is 11.1 Å². The molecule has 0 aliphatic carbocycles. The van der Waals surface area contributed by atoms with Crippen LogP contribution in [0.2, 0.25) is 0 Å². The Morgan fingerprint density at radius 2 is 0.800 bits per heavy atom. The van der Waals surface area contributed by atoms with Gasteiger partial charge in [0.1, 0.15) is 26.4 Å². The Morgan fingerprint density at radius 3 is 1.13 bits per heavy atom. The molecule has 0 aromatic rings. The van der Waals surface area contributed by atoms with Gasteiger partial charge in [0.15, 0.2) is 0 Å². The lowest BCUT2D eigenvalue weighted by Crippen LogP contribution is -2.15. The van der Waals surface area contributed by atoms with E-state index < -0.39 is 24.2 Å². The summed E-state index contributed by atoms with van der Waals surface area (Å²) in [5.74, 6) is -1.10. The molecule has 0 saturated carbocycles. The van der Waals surface area contributed by atoms with Crippen LogP contribution < -0.4 is 0 Å². The molecule has 170 valence electrons. The van der Waals surface area contributed by atoms with Gasteiger partial charge in [0.25, 0.3) is 0 Å². The number of carbonyl (C=O) groups excluding carboxylic acids is 4. The largest absolute Gasteiger partial charge is 0.508 e. The van der Waals surface area contributed by atoms with E-state index in [4.69, 9.17) is 28.4 Å². The van der Waals surface area contributed by atoms with Gasteiger partial charge in [-0.25, -0.2) is 19.2 Å². The molecular formula is C20H30O10. The monoisotopic (exact) mass is 430 g/mol. The highest BCUT2D eigenvalue weighted by atomic mass is 16.7. The maximum absolute atomic E-state index is 11.3. The summed E-state index contributed by atoms with van der Waals surface area (Å²) in [7, 11) is 0. The van der Waals surface area contributed by atoms with E-state index in [1.54, 1.807) is 0 Å². The number of rotatable bonds is 15. The first-order chi connectivity index (χ1) is 14.2. The molecule has 0 heterocycles. The lowest BCUT2D eigenvalue weighted by atomic mass is 10.2. The second kappa shape index (κ2) is 16.9. The van der Waals surface area contributed by atoms with E-state index in [1.165, 1.54) is 13.8 Å². The molecule has 0 aliphatic heterocycles. The maximum atomic E-state index is 11.3. The zero-order valence-electron chi connectivity index (χ0n) is 17.6. The molecule has 0 aromatic carbocycles. The highest BCUT2D eigenvalue weighted by Crippen LogP contribution is 2.02. The van der Waals surface area contributed by atoms with Crippen LogP contribution in [0, 0.1) is 0 Å². The fourth-order valence-electron chi connectivity index (χ4n) is 1.72. The summed E-state index contributed by atoms with van der Waals surface area (Å²) < 4.78 is 28.7. The fourth-order valence-corrected chi connectivity index (χ4v) is 1.72. The predicted molar refractivity (Wildman–Crippen MR) is 105 cm³/mol. The van der Waals surface area contributed by atoms with Crippen LogP contribution in [0.25, 0.3) is 0 Å². The van der Waals surface area contributed by atoms with Crippen LogP contribution in [0.4, 0.5) is 9.59 Å². The van der Waals surface area contributed by atoms with E-state index in [1.807, 2.05) is 0 Å². The minimum absolute atomic E-state index is 0.0666. The van der Waals surface area contributed by atoms with Gasteiger partial charge in [0.2, 0.25) is 0 Å². The van der Waals surface area contributed by atoms with Crippen LogP contribution in [-0.4, -0.2) is 63.9 Å². The molecule has 0 atom stereocenters. The minimum atomic E-state index is -0.832. The van der Waals surface area contributed by atoms with Crippen molar-refractivity contribution < 1.29 is 47.6 Å². The van der Waals surface area contributed by atoms with Crippen molar-refractivity contribution >= 4 is 24.2 Å². The number of carbonyl (C=O) groups is 4. The molecule has 0 fully saturated rings. The Hall–Kier alpha value is -3.04. The quantitative estimate of drug-likeness (QED) is 0.166. The smallest absolute Gasteiger partial charge is 0.459 e. The van der Waals surface area contributed by atoms with Gasteiger partial charge in [-0.15, -0.1) is 0 Å². The number of esters is 2. The summed E-state index contributed by atoms with van der Waals surface area (Å²) in [6, 6.07) is 0. The van der Waals surface area contributed by atoms with Crippen molar-refractivity contribution in [1.82, 2.24) is 0 Å². The van der Waals surface area contributed by atoms with E-state index in [0.29, 0.717) is 12.8 Å². The third kappa shape index (κ3) is 16.0. The average Bonchev–Trinajstić information content (AvgIpc) is 2.69. The summed E-state index contributed by atoms with van der Waals surface area (Å²) in [5, 5.41) is 0. The van der Waals surface area contributed by atoms with Crippen LogP contribution in [0.1, 0.15) is 39.5 Å². The molecule has 0 unspecified atom stereocenters. The molecule has 0 bridgehead atoms. The van der Waals surface area contributed by atoms with Gasteiger partial charge < -0.3 is 28.4 Å². The summed E-state index contributed by atoms with van der Waals surface area (Å²) >= 11 is 0. The Kier molecular flexibility index (Phi) is 15.2. The topological polar surface area (TPSA) is 124 Å². The number of hydrogen-bond donors (Lipinski definition) is 0. The third-order valence-corrected chi connectivity index (χ3v) is 3.25. The maximum Gasteiger partial charge on any atom is 0.508 e. The lowest BCUT2D eigenvalue weighted by molar-refractivity contribution is -0.140. The van der Waals surface area contributed by atoms with Crippen molar-refractivity contribution in [1.29, 1.82) is 0 Å². The molecular weight excluding hydrogens is 400 g/mol. The standard InChI is InChI=1S/C20H30O10/c1-15(2)17(21)25-11-13-29-19(23)27-9-7-5-6-8-10-28-20(24)30-14-12-26-18(22)16(3)4/h1,3,5-14H2,2,4H3. The van der Waals surface area contributed by atoms with E-state index in [9.17, 15) is 19.2 Å². The number of unbranched alkanes of at least 4 members (excludes halogenated alkanes) is 3. The van der Waals surface area contributed by atoms with Crippen molar-refractivity contribution in [3.63, 3.8) is 0 Å². The second-order valence-corrected chi connectivity index (χ2v) is 6.14. The highest BCUT2D eigenvalue weighted by Gasteiger charge is 2.07. The molecule has 30 heavy (non-hydrogen) atoms. The SMILES string of the molecule is C=C(C)C(=O)OCCOC(=O)OCCCCCCOC(=O)OCCOC(=O)C(=C)C. The molecule has 0 saturated heterocycles. The van der Waals surface area contributed by atoms with Gasteiger partial charge in [-0.05, 0) is 39.5 Å². The molecule has 0 spiro atoms. The Bertz CT molecular complexity index is 544. The van der Waals surface area contributed by atoms with E-state index in [0.717, 1.165) is 12.8 Å². The zero-order valence-corrected chi connectivity index (χ0v) is 17.6. The van der Waals surface area contributed by atoms with Gasteiger partial charge in [-0.1, -0.05) is 13.2 Å². The van der Waals surface area contributed by atoms with Crippen molar-refractivity contribution in [2.45, 2.75) is 39.5 Å². The Labute approximate surface area is 176 Å². The number of hydrogen-bond acceptors (Lipinski definition) is 10. The second-order valence-electron chi connectivity index (χ2n) is 6.14. The van der Waals surface area contributed by atoms with Crippen LogP contribution in [0.5, 0.6) is 0 Å². The van der Waals surface area contributed by atoms with Crippen molar-refractivity contribution in [2.24, 2.45) is 0 Å². The zero-order chi connectivity index (χ0) is 22.8. The molecule has 0 radical (unpaired) electrons. The molecule has 10 heteroatoms. The summed E-state index contributed by atoms with van der Waals surface area (Å²) in [6.45, 7) is 9.94. The molecule has 0 aliphatic rings. The van der Waals surface area contributed by atoms with Gasteiger partial charge in [-0.3, -0.25) is 0 Å². The van der Waals surface area contributed by atoms with Gasteiger partial charge >= 0.3 is 24.2 Å². The Morgan fingerprint density at radius 1 is 0.500 bits per heavy atom. The normalized spacial score (nSPS) is 9.80. The van der Waals surface area contributed by atoms with Crippen molar-refractivity contribution in [3.8, 4) is 0 Å². The predicted octanol–water partition coefficient (Wildman–Crippen LogP) is 3.09. The Balaban J connectivity index is 3.44. The summed E-state index contributed by atoms with van der Waals surface area (Å²) in [4.78, 5) is 44.8. The van der Waals surface area contributed by atoms with E-state index >= 15 is 0 Å². The van der Waals surface area contributed by atoms with Crippen LogP contribution in [0.3, 0.4) is 0 Å². The third-order valence-electron chi connectivity index (χ3n) is 3.25. The average molecular weight is 430 g/mol. The molecule has 0 aromatic heterocycles.